The van der Waals surface area contributed by atoms with E-state index in [9.17, 15) is 9.59 Å². The summed E-state index contributed by atoms with van der Waals surface area (Å²) < 4.78 is 4.89. The molecule has 21 heavy (non-hydrogen) atoms. The predicted octanol–water partition coefficient (Wildman–Crippen LogP) is 2.22. The Kier molecular flexibility index (Phi) is 4.52. The van der Waals surface area contributed by atoms with Gasteiger partial charge in [0, 0.05) is 11.1 Å². The van der Waals surface area contributed by atoms with Crippen molar-refractivity contribution >= 4 is 22.8 Å². The Balaban J connectivity index is 2.29. The second-order valence-electron chi connectivity index (χ2n) is 4.78. The summed E-state index contributed by atoms with van der Waals surface area (Å²) >= 11 is 0. The largest absolute Gasteiger partial charge is 0.464 e. The van der Waals surface area contributed by atoms with Gasteiger partial charge in [-0.2, -0.15) is 0 Å². The third-order valence-corrected chi connectivity index (χ3v) is 3.08. The SMILES string of the molecule is CCOC(=O)C(C)NC(=O)c1cc(C)nc2ccccc12. The summed E-state index contributed by atoms with van der Waals surface area (Å²) in [7, 11) is 0. The van der Waals surface area contributed by atoms with Crippen LogP contribution in [0, 0.1) is 6.92 Å². The Bertz CT molecular complexity index is 682. The van der Waals surface area contributed by atoms with Gasteiger partial charge in [-0.25, -0.2) is 4.79 Å². The first-order chi connectivity index (χ1) is 10.0. The van der Waals surface area contributed by atoms with E-state index in [0.717, 1.165) is 16.6 Å². The van der Waals surface area contributed by atoms with Crippen molar-refractivity contribution in [2.75, 3.05) is 6.61 Å². The number of fused-ring (bicyclic) bond motifs is 1. The Hall–Kier alpha value is -2.43. The quantitative estimate of drug-likeness (QED) is 0.875. The highest BCUT2D eigenvalue weighted by Gasteiger charge is 2.19. The third kappa shape index (κ3) is 3.37. The molecule has 5 nitrogen and oxygen atoms in total. The van der Waals surface area contributed by atoms with Crippen LogP contribution in [0.15, 0.2) is 30.3 Å². The molecule has 0 bridgehead atoms. The van der Waals surface area contributed by atoms with Gasteiger partial charge in [-0.15, -0.1) is 0 Å². The van der Waals surface area contributed by atoms with E-state index in [2.05, 4.69) is 10.3 Å². The van der Waals surface area contributed by atoms with E-state index in [-0.39, 0.29) is 12.5 Å². The van der Waals surface area contributed by atoms with Gasteiger partial charge in [-0.05, 0) is 32.9 Å². The van der Waals surface area contributed by atoms with Crippen LogP contribution >= 0.6 is 0 Å². The number of ether oxygens (including phenoxy) is 1. The number of amides is 1. The molecule has 1 aromatic heterocycles. The molecule has 0 fully saturated rings. The van der Waals surface area contributed by atoms with Crippen molar-refractivity contribution in [1.29, 1.82) is 0 Å². The second-order valence-corrected chi connectivity index (χ2v) is 4.78. The first-order valence-corrected chi connectivity index (χ1v) is 6.86. The van der Waals surface area contributed by atoms with Gasteiger partial charge in [-0.3, -0.25) is 9.78 Å². The van der Waals surface area contributed by atoms with E-state index >= 15 is 0 Å². The molecule has 5 heteroatoms. The predicted molar refractivity (Wildman–Crippen MR) is 80.0 cm³/mol. The smallest absolute Gasteiger partial charge is 0.328 e. The number of rotatable bonds is 4. The first-order valence-electron chi connectivity index (χ1n) is 6.86. The Morgan fingerprint density at radius 3 is 2.76 bits per heavy atom. The van der Waals surface area contributed by atoms with Crippen molar-refractivity contribution in [2.24, 2.45) is 0 Å². The lowest BCUT2D eigenvalue weighted by Gasteiger charge is -2.14. The number of para-hydroxylation sites is 1. The molecule has 0 aliphatic heterocycles. The number of carbonyl (C=O) groups excluding carboxylic acids is 2. The standard InChI is InChI=1S/C16H18N2O3/c1-4-21-16(20)11(3)18-15(19)13-9-10(2)17-14-8-6-5-7-12(13)14/h5-9,11H,4H2,1-3H3,(H,18,19). The fourth-order valence-electron chi connectivity index (χ4n) is 2.10. The maximum Gasteiger partial charge on any atom is 0.328 e. The number of nitrogens with zero attached hydrogens (tertiary/aromatic N) is 1. The van der Waals surface area contributed by atoms with Gasteiger partial charge in [0.2, 0.25) is 0 Å². The maximum atomic E-state index is 12.4. The maximum absolute atomic E-state index is 12.4. The van der Waals surface area contributed by atoms with Crippen molar-refractivity contribution in [3.63, 3.8) is 0 Å². The number of aryl methyl sites for hydroxylation is 1. The van der Waals surface area contributed by atoms with E-state index in [1.165, 1.54) is 0 Å². The van der Waals surface area contributed by atoms with E-state index in [1.807, 2.05) is 31.2 Å². The van der Waals surface area contributed by atoms with E-state index < -0.39 is 12.0 Å². The zero-order chi connectivity index (χ0) is 15.4. The van der Waals surface area contributed by atoms with Crippen molar-refractivity contribution in [3.05, 3.63) is 41.6 Å². The molecule has 1 aromatic carbocycles. The molecule has 1 heterocycles. The monoisotopic (exact) mass is 286 g/mol. The van der Waals surface area contributed by atoms with Gasteiger partial charge in [0.25, 0.3) is 5.91 Å². The Morgan fingerprint density at radius 1 is 1.33 bits per heavy atom. The van der Waals surface area contributed by atoms with Crippen molar-refractivity contribution in [3.8, 4) is 0 Å². The minimum absolute atomic E-state index is 0.288. The van der Waals surface area contributed by atoms with E-state index in [1.54, 1.807) is 19.9 Å². The van der Waals surface area contributed by atoms with Crippen LogP contribution < -0.4 is 5.32 Å². The van der Waals surface area contributed by atoms with Gasteiger partial charge in [0.05, 0.1) is 17.7 Å². The van der Waals surface area contributed by atoms with Crippen LogP contribution in [0.5, 0.6) is 0 Å². The molecular formula is C16H18N2O3. The molecule has 1 unspecified atom stereocenters. The van der Waals surface area contributed by atoms with Crippen LogP contribution in [0.2, 0.25) is 0 Å². The normalized spacial score (nSPS) is 12.0. The third-order valence-electron chi connectivity index (χ3n) is 3.08. The second kappa shape index (κ2) is 6.35. The van der Waals surface area contributed by atoms with Crippen LogP contribution in [-0.4, -0.2) is 29.5 Å². The highest BCUT2D eigenvalue weighted by molar-refractivity contribution is 6.07. The number of benzene rings is 1. The van der Waals surface area contributed by atoms with Gasteiger partial charge in [0.1, 0.15) is 6.04 Å². The zero-order valence-corrected chi connectivity index (χ0v) is 12.3. The number of aromatic nitrogens is 1. The molecule has 1 atom stereocenters. The average Bonchev–Trinajstić information content (AvgIpc) is 2.46. The molecule has 0 saturated heterocycles. The number of esters is 1. The lowest BCUT2D eigenvalue weighted by molar-refractivity contribution is -0.144. The van der Waals surface area contributed by atoms with Gasteiger partial charge in [-0.1, -0.05) is 18.2 Å². The summed E-state index contributed by atoms with van der Waals surface area (Å²) in [5.74, 6) is -0.752. The topological polar surface area (TPSA) is 68.3 Å². The molecular weight excluding hydrogens is 268 g/mol. The van der Waals surface area contributed by atoms with Crippen LogP contribution in [0.3, 0.4) is 0 Å². The number of hydrogen-bond donors (Lipinski definition) is 1. The first kappa shape index (κ1) is 15.0. The van der Waals surface area contributed by atoms with Crippen LogP contribution in [-0.2, 0) is 9.53 Å². The van der Waals surface area contributed by atoms with Crippen LogP contribution in [0.4, 0.5) is 0 Å². The van der Waals surface area contributed by atoms with Crippen molar-refractivity contribution < 1.29 is 14.3 Å². The molecule has 2 rings (SSSR count). The highest BCUT2D eigenvalue weighted by atomic mass is 16.5. The number of hydrogen-bond acceptors (Lipinski definition) is 4. The van der Waals surface area contributed by atoms with Gasteiger partial charge < -0.3 is 10.1 Å². The molecule has 0 aliphatic rings. The molecule has 110 valence electrons. The molecule has 2 aromatic rings. The fourth-order valence-corrected chi connectivity index (χ4v) is 2.10. The molecule has 0 radical (unpaired) electrons. The van der Waals surface area contributed by atoms with Crippen LogP contribution in [0.1, 0.15) is 29.9 Å². The van der Waals surface area contributed by atoms with Crippen molar-refractivity contribution in [1.82, 2.24) is 10.3 Å². The zero-order valence-electron chi connectivity index (χ0n) is 12.3. The van der Waals surface area contributed by atoms with E-state index in [0.29, 0.717) is 5.56 Å². The Labute approximate surface area is 123 Å². The molecule has 0 spiro atoms. The molecule has 0 aliphatic carbocycles. The summed E-state index contributed by atoms with van der Waals surface area (Å²) in [6, 6.07) is 8.45. The molecule has 0 saturated carbocycles. The Morgan fingerprint density at radius 2 is 2.05 bits per heavy atom. The summed E-state index contributed by atoms with van der Waals surface area (Å²) in [5.41, 5.74) is 2.02. The number of pyridine rings is 1. The van der Waals surface area contributed by atoms with Crippen LogP contribution in [0.25, 0.3) is 10.9 Å². The molecule has 1 N–H and O–H groups in total. The lowest BCUT2D eigenvalue weighted by Crippen LogP contribution is -2.39. The number of carbonyl (C=O) groups is 2. The molecule has 1 amide bonds. The van der Waals surface area contributed by atoms with Crippen molar-refractivity contribution in [2.45, 2.75) is 26.8 Å². The lowest BCUT2D eigenvalue weighted by atomic mass is 10.1. The summed E-state index contributed by atoms with van der Waals surface area (Å²) in [4.78, 5) is 28.4. The summed E-state index contributed by atoms with van der Waals surface area (Å²) in [6.45, 7) is 5.45. The summed E-state index contributed by atoms with van der Waals surface area (Å²) in [6.07, 6.45) is 0. The minimum Gasteiger partial charge on any atom is -0.464 e. The summed E-state index contributed by atoms with van der Waals surface area (Å²) in [5, 5.41) is 3.42. The minimum atomic E-state index is -0.690. The van der Waals surface area contributed by atoms with Gasteiger partial charge >= 0.3 is 5.97 Å². The average molecular weight is 286 g/mol. The van der Waals surface area contributed by atoms with Gasteiger partial charge in [0.15, 0.2) is 0 Å². The number of nitrogens with one attached hydrogen (secondary N) is 1. The van der Waals surface area contributed by atoms with E-state index in [4.69, 9.17) is 4.74 Å². The fraction of sp³-hybridized carbons (Fsp3) is 0.312. The highest BCUT2D eigenvalue weighted by Crippen LogP contribution is 2.18.